The number of oxazole rings is 1. The summed E-state index contributed by atoms with van der Waals surface area (Å²) in [5.41, 5.74) is 7.55. The number of aromatic nitrogens is 1. The maximum Gasteiger partial charge on any atom is 0.273 e. The van der Waals surface area contributed by atoms with Gasteiger partial charge in [0.2, 0.25) is 11.8 Å². The van der Waals surface area contributed by atoms with Gasteiger partial charge in [-0.1, -0.05) is 0 Å². The lowest BCUT2D eigenvalue weighted by atomic mass is 10.2. The second-order valence-corrected chi connectivity index (χ2v) is 7.89. The van der Waals surface area contributed by atoms with Gasteiger partial charge in [-0.2, -0.15) is 11.8 Å². The normalized spacial score (nSPS) is 16.0. The van der Waals surface area contributed by atoms with Gasteiger partial charge in [0.25, 0.3) is 5.91 Å². The van der Waals surface area contributed by atoms with Crippen molar-refractivity contribution in [3.05, 3.63) is 42.1 Å². The molecule has 0 radical (unpaired) electrons. The van der Waals surface area contributed by atoms with Crippen LogP contribution in [0.15, 0.2) is 34.9 Å². The molecule has 2 heterocycles. The van der Waals surface area contributed by atoms with Crippen LogP contribution < -0.4 is 21.3 Å². The maximum atomic E-state index is 12.7. The molecule has 1 aliphatic heterocycles. The van der Waals surface area contributed by atoms with Crippen molar-refractivity contribution in [2.75, 3.05) is 48.5 Å². The van der Waals surface area contributed by atoms with Crippen molar-refractivity contribution in [3.63, 3.8) is 0 Å². The highest BCUT2D eigenvalue weighted by atomic mass is 32.2. The van der Waals surface area contributed by atoms with E-state index in [4.69, 9.17) is 14.9 Å². The molecular formula is C20H27N5O4S. The molecule has 30 heavy (non-hydrogen) atoms. The van der Waals surface area contributed by atoms with Crippen LogP contribution in [-0.2, 0) is 9.53 Å². The highest BCUT2D eigenvalue weighted by Crippen LogP contribution is 2.19. The summed E-state index contributed by atoms with van der Waals surface area (Å²) in [6.45, 7) is 4.83. The lowest BCUT2D eigenvalue weighted by Gasteiger charge is -2.29. The molecule has 0 bridgehead atoms. The summed E-state index contributed by atoms with van der Waals surface area (Å²) in [6.07, 6.45) is 3.11. The summed E-state index contributed by atoms with van der Waals surface area (Å²) >= 11 is 1.46. The second kappa shape index (κ2) is 10.5. The van der Waals surface area contributed by atoms with Crippen molar-refractivity contribution >= 4 is 35.0 Å². The smallest absolute Gasteiger partial charge is 0.273 e. The number of anilines is 2. The predicted octanol–water partition coefficient (Wildman–Crippen LogP) is 1.63. The number of nitrogens with one attached hydrogen (secondary N) is 2. The van der Waals surface area contributed by atoms with Crippen LogP contribution in [-0.4, -0.2) is 61.2 Å². The summed E-state index contributed by atoms with van der Waals surface area (Å²) in [5, 5.41) is 5.58. The van der Waals surface area contributed by atoms with Crippen LogP contribution in [0.5, 0.6) is 0 Å². The van der Waals surface area contributed by atoms with Gasteiger partial charge >= 0.3 is 0 Å². The highest BCUT2D eigenvalue weighted by molar-refractivity contribution is 7.98. The van der Waals surface area contributed by atoms with Gasteiger partial charge in [0.05, 0.1) is 19.3 Å². The fraction of sp³-hybridized carbons (Fsp3) is 0.450. The number of benzene rings is 1. The first-order chi connectivity index (χ1) is 14.5. The minimum atomic E-state index is -0.720. The highest BCUT2D eigenvalue weighted by Gasteiger charge is 2.23. The van der Waals surface area contributed by atoms with Crippen LogP contribution in [0.4, 0.5) is 11.4 Å². The zero-order valence-corrected chi connectivity index (χ0v) is 17.9. The van der Waals surface area contributed by atoms with Crippen LogP contribution in [0.2, 0.25) is 0 Å². The topological polar surface area (TPSA) is 123 Å². The van der Waals surface area contributed by atoms with Crippen molar-refractivity contribution in [2.45, 2.75) is 19.0 Å². The molecular weight excluding hydrogens is 406 g/mol. The lowest BCUT2D eigenvalue weighted by molar-refractivity contribution is -0.117. The number of hydrogen-bond donors (Lipinski definition) is 3. The number of carbonyl (C=O) groups excluding carboxylic acids is 2. The molecule has 1 aliphatic rings. The van der Waals surface area contributed by atoms with E-state index in [-0.39, 0.29) is 17.5 Å². The van der Waals surface area contributed by atoms with Gasteiger partial charge < -0.3 is 30.4 Å². The number of ether oxygens (including phenoxy) is 1. The molecule has 1 aromatic heterocycles. The predicted molar refractivity (Wildman–Crippen MR) is 117 cm³/mol. The largest absolute Gasteiger partial charge is 0.446 e. The van der Waals surface area contributed by atoms with Crippen LogP contribution in [0.1, 0.15) is 29.3 Å². The first-order valence-corrected chi connectivity index (χ1v) is 11.1. The zero-order valence-electron chi connectivity index (χ0n) is 17.1. The van der Waals surface area contributed by atoms with Crippen molar-refractivity contribution in [1.29, 1.82) is 0 Å². The third-order valence-electron chi connectivity index (χ3n) is 4.61. The van der Waals surface area contributed by atoms with Crippen LogP contribution in [0, 0.1) is 0 Å². The van der Waals surface area contributed by atoms with E-state index < -0.39 is 18.0 Å². The summed E-state index contributed by atoms with van der Waals surface area (Å²) < 4.78 is 10.6. The Morgan fingerprint density at radius 1 is 1.27 bits per heavy atom. The standard InChI is InChI=1S/C20H27N5O4S/c1-13(21)20-24-16(11-29-20)18(26)23-17(12-30-2)19(27)22-14-3-5-15(6-4-14)25-7-9-28-10-8-25/h3-6,11,13,17H,7-10,12,21H2,1-2H3,(H,22,27)(H,23,26)/t13-,17-/m0/s1. The number of nitrogens with zero attached hydrogens (tertiary/aromatic N) is 2. The van der Waals surface area contributed by atoms with E-state index in [9.17, 15) is 9.59 Å². The third kappa shape index (κ3) is 5.74. The number of rotatable bonds is 8. The average Bonchev–Trinajstić information content (AvgIpc) is 3.25. The van der Waals surface area contributed by atoms with Gasteiger partial charge in [-0.05, 0) is 37.4 Å². The molecule has 10 heteroatoms. The first-order valence-electron chi connectivity index (χ1n) is 9.72. The number of amides is 2. The lowest BCUT2D eigenvalue weighted by Crippen LogP contribution is -2.45. The summed E-state index contributed by atoms with van der Waals surface area (Å²) in [6, 6.07) is 6.50. The molecule has 1 saturated heterocycles. The SMILES string of the molecule is CSC[C@H](NC(=O)c1coc([C@H](C)N)n1)C(=O)Nc1ccc(N2CCOCC2)cc1. The molecule has 2 amide bonds. The molecule has 1 aromatic carbocycles. The average molecular weight is 434 g/mol. The van der Waals surface area contributed by atoms with Gasteiger partial charge in [-0.15, -0.1) is 0 Å². The molecule has 0 saturated carbocycles. The third-order valence-corrected chi connectivity index (χ3v) is 5.28. The molecule has 9 nitrogen and oxygen atoms in total. The Hall–Kier alpha value is -2.56. The fourth-order valence-electron chi connectivity index (χ4n) is 2.99. The Labute approximate surface area is 179 Å². The van der Waals surface area contributed by atoms with Crippen molar-refractivity contribution in [2.24, 2.45) is 5.73 Å². The number of hydrogen-bond acceptors (Lipinski definition) is 8. The Kier molecular flexibility index (Phi) is 7.72. The first kappa shape index (κ1) is 22.1. The summed E-state index contributed by atoms with van der Waals surface area (Å²) in [7, 11) is 0. The van der Waals surface area contributed by atoms with Gasteiger partial charge in [-0.3, -0.25) is 9.59 Å². The summed E-state index contributed by atoms with van der Waals surface area (Å²) in [5.74, 6) is -0.0943. The number of thioether (sulfide) groups is 1. The Balaban J connectivity index is 1.60. The maximum absolute atomic E-state index is 12.7. The van der Waals surface area contributed by atoms with E-state index in [0.29, 0.717) is 24.7 Å². The Bertz CT molecular complexity index is 849. The number of nitrogens with two attached hydrogens (primary N) is 1. The van der Waals surface area contributed by atoms with Gasteiger partial charge in [-0.25, -0.2) is 4.98 Å². The number of carbonyl (C=O) groups is 2. The van der Waals surface area contributed by atoms with E-state index in [2.05, 4.69) is 20.5 Å². The minimum Gasteiger partial charge on any atom is -0.446 e. The molecule has 2 atom stereocenters. The molecule has 2 aromatic rings. The quantitative estimate of drug-likeness (QED) is 0.574. The van der Waals surface area contributed by atoms with E-state index in [0.717, 1.165) is 18.8 Å². The minimum absolute atomic E-state index is 0.0936. The van der Waals surface area contributed by atoms with Gasteiger partial charge in [0, 0.05) is 30.2 Å². The Morgan fingerprint density at radius 2 is 1.97 bits per heavy atom. The van der Waals surface area contributed by atoms with E-state index in [1.54, 1.807) is 6.92 Å². The molecule has 0 spiro atoms. The van der Waals surface area contributed by atoms with Crippen molar-refractivity contribution < 1.29 is 18.7 Å². The van der Waals surface area contributed by atoms with E-state index in [1.165, 1.54) is 18.0 Å². The van der Waals surface area contributed by atoms with Gasteiger partial charge in [0.15, 0.2) is 5.69 Å². The van der Waals surface area contributed by atoms with Crippen LogP contribution in [0.3, 0.4) is 0 Å². The summed E-state index contributed by atoms with van der Waals surface area (Å²) in [4.78, 5) is 31.5. The van der Waals surface area contributed by atoms with Crippen LogP contribution >= 0.6 is 11.8 Å². The molecule has 1 fully saturated rings. The Morgan fingerprint density at radius 3 is 2.57 bits per heavy atom. The molecule has 3 rings (SSSR count). The monoisotopic (exact) mass is 433 g/mol. The van der Waals surface area contributed by atoms with Crippen molar-refractivity contribution in [3.8, 4) is 0 Å². The zero-order chi connectivity index (χ0) is 21.5. The van der Waals surface area contributed by atoms with E-state index in [1.807, 2.05) is 30.5 Å². The molecule has 0 unspecified atom stereocenters. The van der Waals surface area contributed by atoms with Crippen LogP contribution in [0.25, 0.3) is 0 Å². The van der Waals surface area contributed by atoms with Crippen molar-refractivity contribution in [1.82, 2.24) is 10.3 Å². The molecule has 4 N–H and O–H groups in total. The molecule has 0 aliphatic carbocycles. The second-order valence-electron chi connectivity index (χ2n) is 6.98. The van der Waals surface area contributed by atoms with E-state index >= 15 is 0 Å². The fourth-order valence-corrected chi connectivity index (χ4v) is 3.56. The number of morpholine rings is 1. The van der Waals surface area contributed by atoms with Gasteiger partial charge in [0.1, 0.15) is 12.3 Å². The molecule has 162 valence electrons.